The summed E-state index contributed by atoms with van der Waals surface area (Å²) in [4.78, 5) is 14.1. The maximum atomic E-state index is 12.2. The number of carbonyl (C=O) groups excluding carboxylic acids is 1. The molecular formula is C17H24N2O3S. The van der Waals surface area contributed by atoms with Crippen molar-refractivity contribution in [1.29, 1.82) is 0 Å². The minimum Gasteiger partial charge on any atom is -0.338 e. The zero-order valence-corrected chi connectivity index (χ0v) is 14.1. The number of amides is 2. The average Bonchev–Trinajstić information content (AvgIpc) is 3.12. The Morgan fingerprint density at radius 2 is 1.96 bits per heavy atom. The molecule has 0 saturated carbocycles. The van der Waals surface area contributed by atoms with Gasteiger partial charge in [-0.1, -0.05) is 30.3 Å². The van der Waals surface area contributed by atoms with Crippen molar-refractivity contribution in [3.8, 4) is 0 Å². The van der Waals surface area contributed by atoms with Crippen molar-refractivity contribution >= 4 is 15.9 Å². The van der Waals surface area contributed by atoms with E-state index >= 15 is 0 Å². The van der Waals surface area contributed by atoms with Gasteiger partial charge in [-0.05, 0) is 36.7 Å². The van der Waals surface area contributed by atoms with Gasteiger partial charge < -0.3 is 10.2 Å². The van der Waals surface area contributed by atoms with Gasteiger partial charge in [0, 0.05) is 19.6 Å². The van der Waals surface area contributed by atoms with Crippen molar-refractivity contribution < 1.29 is 13.2 Å². The van der Waals surface area contributed by atoms with Gasteiger partial charge in [0.05, 0.1) is 11.5 Å². The van der Waals surface area contributed by atoms with Crippen molar-refractivity contribution in [2.24, 2.45) is 11.8 Å². The van der Waals surface area contributed by atoms with Crippen LogP contribution in [-0.2, 0) is 16.3 Å². The highest BCUT2D eigenvalue weighted by Gasteiger charge is 2.30. The second-order valence-corrected chi connectivity index (χ2v) is 8.97. The van der Waals surface area contributed by atoms with Crippen LogP contribution >= 0.6 is 0 Å². The van der Waals surface area contributed by atoms with E-state index in [0.29, 0.717) is 18.9 Å². The fraction of sp³-hybridized carbons (Fsp3) is 0.588. The summed E-state index contributed by atoms with van der Waals surface area (Å²) in [6.07, 6.45) is 2.70. The highest BCUT2D eigenvalue weighted by Crippen LogP contribution is 2.21. The Morgan fingerprint density at radius 3 is 2.65 bits per heavy atom. The van der Waals surface area contributed by atoms with E-state index in [1.54, 1.807) is 0 Å². The van der Waals surface area contributed by atoms with E-state index < -0.39 is 9.84 Å². The van der Waals surface area contributed by atoms with Crippen molar-refractivity contribution in [2.45, 2.75) is 19.3 Å². The van der Waals surface area contributed by atoms with Gasteiger partial charge >= 0.3 is 6.03 Å². The minimum atomic E-state index is -2.87. The Morgan fingerprint density at radius 1 is 1.17 bits per heavy atom. The van der Waals surface area contributed by atoms with Gasteiger partial charge in [0.1, 0.15) is 0 Å². The van der Waals surface area contributed by atoms with Crippen LogP contribution in [0.15, 0.2) is 30.3 Å². The van der Waals surface area contributed by atoms with Crippen molar-refractivity contribution in [3.63, 3.8) is 0 Å². The maximum Gasteiger partial charge on any atom is 0.317 e. The molecule has 23 heavy (non-hydrogen) atoms. The van der Waals surface area contributed by atoms with Crippen molar-refractivity contribution in [1.82, 2.24) is 10.2 Å². The highest BCUT2D eigenvalue weighted by atomic mass is 32.2. The topological polar surface area (TPSA) is 66.5 Å². The summed E-state index contributed by atoms with van der Waals surface area (Å²) in [6, 6.07) is 10.3. The Bertz CT molecular complexity index is 645. The fourth-order valence-electron chi connectivity index (χ4n) is 3.51. The summed E-state index contributed by atoms with van der Waals surface area (Å²) >= 11 is 0. The lowest BCUT2D eigenvalue weighted by atomic mass is 9.99. The lowest BCUT2D eigenvalue weighted by molar-refractivity contribution is 0.205. The number of carbonyl (C=O) groups is 1. The van der Waals surface area contributed by atoms with Crippen LogP contribution in [0.25, 0.3) is 0 Å². The molecule has 1 N–H and O–H groups in total. The van der Waals surface area contributed by atoms with Crippen LogP contribution in [0.4, 0.5) is 4.79 Å². The molecule has 1 aromatic carbocycles. The van der Waals surface area contributed by atoms with Crippen molar-refractivity contribution in [2.75, 3.05) is 31.1 Å². The summed E-state index contributed by atoms with van der Waals surface area (Å²) in [5.74, 6) is 1.06. The molecule has 0 aromatic heterocycles. The SMILES string of the molecule is O=C(NC[C@@H]1CCS(=O)(=O)C1)N1CC[C@@H](Cc2ccccc2)C1. The number of hydrogen-bond donors (Lipinski definition) is 1. The molecule has 2 amide bonds. The summed E-state index contributed by atoms with van der Waals surface area (Å²) in [6.45, 7) is 2.04. The van der Waals surface area contributed by atoms with Crippen LogP contribution in [0.1, 0.15) is 18.4 Å². The molecule has 0 bridgehead atoms. The fourth-order valence-corrected chi connectivity index (χ4v) is 5.37. The van der Waals surface area contributed by atoms with Crippen LogP contribution in [0.3, 0.4) is 0 Å². The summed E-state index contributed by atoms with van der Waals surface area (Å²) in [5.41, 5.74) is 1.32. The van der Waals surface area contributed by atoms with Crippen LogP contribution in [0.5, 0.6) is 0 Å². The molecule has 2 fully saturated rings. The molecule has 2 aliphatic rings. The number of sulfone groups is 1. The number of rotatable bonds is 4. The van der Waals surface area contributed by atoms with Crippen LogP contribution in [0.2, 0.25) is 0 Å². The molecule has 1 aromatic rings. The molecule has 126 valence electrons. The first kappa shape index (κ1) is 16.3. The second kappa shape index (κ2) is 6.91. The lowest BCUT2D eigenvalue weighted by Crippen LogP contribution is -2.40. The molecule has 0 radical (unpaired) electrons. The first-order valence-electron chi connectivity index (χ1n) is 8.29. The van der Waals surface area contributed by atoms with E-state index in [1.165, 1.54) is 5.56 Å². The second-order valence-electron chi connectivity index (χ2n) is 6.75. The van der Waals surface area contributed by atoms with E-state index in [4.69, 9.17) is 0 Å². The average molecular weight is 336 g/mol. The molecule has 2 heterocycles. The first-order valence-corrected chi connectivity index (χ1v) is 10.1. The van der Waals surface area contributed by atoms with E-state index in [1.807, 2.05) is 23.1 Å². The molecule has 0 aliphatic carbocycles. The first-order chi connectivity index (χ1) is 11.0. The minimum absolute atomic E-state index is 0.0511. The number of likely N-dealkylation sites (tertiary alicyclic amines) is 1. The summed E-state index contributed by atoms with van der Waals surface area (Å²) in [7, 11) is -2.87. The highest BCUT2D eigenvalue weighted by molar-refractivity contribution is 7.91. The molecule has 5 nitrogen and oxygen atoms in total. The van der Waals surface area contributed by atoms with Crippen LogP contribution in [-0.4, -0.2) is 50.5 Å². The third-order valence-electron chi connectivity index (χ3n) is 4.81. The molecule has 2 atom stereocenters. The largest absolute Gasteiger partial charge is 0.338 e. The zero-order valence-electron chi connectivity index (χ0n) is 13.3. The van der Waals surface area contributed by atoms with Crippen LogP contribution < -0.4 is 5.32 Å². The monoisotopic (exact) mass is 336 g/mol. The van der Waals surface area contributed by atoms with E-state index in [9.17, 15) is 13.2 Å². The number of benzene rings is 1. The van der Waals surface area contributed by atoms with Gasteiger partial charge in [0.2, 0.25) is 0 Å². The smallest absolute Gasteiger partial charge is 0.317 e. The van der Waals surface area contributed by atoms with Crippen LogP contribution in [0, 0.1) is 11.8 Å². The Kier molecular flexibility index (Phi) is 4.90. The molecule has 0 unspecified atom stereocenters. The standard InChI is InChI=1S/C17H24N2O3S/c20-17(18-11-16-7-9-23(21,22)13-16)19-8-6-15(12-19)10-14-4-2-1-3-5-14/h1-5,15-16H,6-13H2,(H,18,20)/t15-,16-/m0/s1. The molecule has 3 rings (SSSR count). The summed E-state index contributed by atoms with van der Waals surface area (Å²) < 4.78 is 22.9. The zero-order chi connectivity index (χ0) is 16.3. The van der Waals surface area contributed by atoms with E-state index in [0.717, 1.165) is 25.9 Å². The lowest BCUT2D eigenvalue weighted by Gasteiger charge is -2.19. The van der Waals surface area contributed by atoms with Gasteiger partial charge in [-0.15, -0.1) is 0 Å². The third kappa shape index (κ3) is 4.47. The Hall–Kier alpha value is -1.56. The Balaban J connectivity index is 1.43. The number of hydrogen-bond acceptors (Lipinski definition) is 3. The number of nitrogens with one attached hydrogen (secondary N) is 1. The van der Waals surface area contributed by atoms with Gasteiger partial charge in [-0.3, -0.25) is 0 Å². The van der Waals surface area contributed by atoms with E-state index in [2.05, 4.69) is 17.4 Å². The number of nitrogens with zero attached hydrogens (tertiary/aromatic N) is 1. The van der Waals surface area contributed by atoms with Gasteiger partial charge in [-0.25, -0.2) is 13.2 Å². The van der Waals surface area contributed by atoms with Gasteiger partial charge in [-0.2, -0.15) is 0 Å². The third-order valence-corrected chi connectivity index (χ3v) is 6.65. The predicted octanol–water partition coefficient (Wildman–Crippen LogP) is 1.70. The number of urea groups is 1. The molecule has 6 heteroatoms. The van der Waals surface area contributed by atoms with Crippen molar-refractivity contribution in [3.05, 3.63) is 35.9 Å². The maximum absolute atomic E-state index is 12.2. The molecular weight excluding hydrogens is 312 g/mol. The molecule has 0 spiro atoms. The normalized spacial score (nSPS) is 26.3. The molecule has 2 saturated heterocycles. The molecule has 2 aliphatic heterocycles. The quantitative estimate of drug-likeness (QED) is 0.910. The van der Waals surface area contributed by atoms with Gasteiger partial charge in [0.25, 0.3) is 0 Å². The Labute approximate surface area is 138 Å². The predicted molar refractivity (Wildman–Crippen MR) is 90.0 cm³/mol. The van der Waals surface area contributed by atoms with Gasteiger partial charge in [0.15, 0.2) is 9.84 Å². The summed E-state index contributed by atoms with van der Waals surface area (Å²) in [5, 5.41) is 2.91. The van der Waals surface area contributed by atoms with E-state index in [-0.39, 0.29) is 23.5 Å².